The maximum Gasteiger partial charge on any atom is 0.412 e. The number of alkyl halides is 1. The highest BCUT2D eigenvalue weighted by Crippen LogP contribution is 2.43. The van der Waals surface area contributed by atoms with Gasteiger partial charge >= 0.3 is 6.09 Å². The van der Waals surface area contributed by atoms with Crippen molar-refractivity contribution in [3.05, 3.63) is 29.8 Å². The molecule has 1 aromatic rings. The molecule has 2 aliphatic rings. The van der Waals surface area contributed by atoms with Gasteiger partial charge in [0.05, 0.1) is 10.6 Å². The summed E-state index contributed by atoms with van der Waals surface area (Å²) in [5, 5.41) is 6.05. The Bertz CT molecular complexity index is 466. The van der Waals surface area contributed by atoms with E-state index in [4.69, 9.17) is 4.74 Å². The van der Waals surface area contributed by atoms with Crippen molar-refractivity contribution in [2.24, 2.45) is 0 Å². The zero-order valence-electron chi connectivity index (χ0n) is 9.20. The predicted octanol–water partition coefficient (Wildman–Crippen LogP) is 2.55. The molecule has 0 aromatic heterocycles. The fourth-order valence-electron chi connectivity index (χ4n) is 2.59. The lowest BCUT2D eigenvalue weighted by atomic mass is 9.83. The fraction of sp³-hybridized carbons (Fsp3) is 0.417. The van der Waals surface area contributed by atoms with Gasteiger partial charge in [0, 0.05) is 24.9 Å². The van der Waals surface area contributed by atoms with Gasteiger partial charge in [-0.15, -0.1) is 0 Å². The number of carbonyl (C=O) groups is 1. The minimum atomic E-state index is -0.488. The molecular formula is C12H13BrN2O2. The smallest absolute Gasteiger partial charge is 0.412 e. The van der Waals surface area contributed by atoms with Gasteiger partial charge in [0.2, 0.25) is 0 Å². The predicted molar refractivity (Wildman–Crippen MR) is 68.2 cm³/mol. The van der Waals surface area contributed by atoms with Crippen molar-refractivity contribution >= 4 is 27.7 Å². The Morgan fingerprint density at radius 2 is 2.24 bits per heavy atom. The van der Waals surface area contributed by atoms with Gasteiger partial charge in [0.1, 0.15) is 5.60 Å². The zero-order chi connectivity index (χ0) is 11.9. The van der Waals surface area contributed by atoms with E-state index in [9.17, 15) is 4.79 Å². The van der Waals surface area contributed by atoms with Crippen molar-refractivity contribution < 1.29 is 9.53 Å². The monoisotopic (exact) mass is 296 g/mol. The van der Waals surface area contributed by atoms with Gasteiger partial charge in [-0.05, 0) is 6.07 Å². The van der Waals surface area contributed by atoms with Gasteiger partial charge in [-0.1, -0.05) is 34.1 Å². The highest BCUT2D eigenvalue weighted by molar-refractivity contribution is 9.09. The largest absolute Gasteiger partial charge is 0.438 e. The molecular weight excluding hydrogens is 284 g/mol. The number of anilines is 1. The highest BCUT2D eigenvalue weighted by atomic mass is 79.9. The average molecular weight is 297 g/mol. The lowest BCUT2D eigenvalue weighted by Crippen LogP contribution is -2.49. The van der Waals surface area contributed by atoms with Crippen LogP contribution in [0.3, 0.4) is 0 Å². The molecule has 2 N–H and O–H groups in total. The summed E-state index contributed by atoms with van der Waals surface area (Å²) in [5.74, 6) is 0. The van der Waals surface area contributed by atoms with Crippen molar-refractivity contribution in [1.82, 2.24) is 5.32 Å². The van der Waals surface area contributed by atoms with Crippen molar-refractivity contribution in [3.8, 4) is 0 Å². The van der Waals surface area contributed by atoms with Crippen LogP contribution >= 0.6 is 15.9 Å². The molecule has 0 aliphatic carbocycles. The summed E-state index contributed by atoms with van der Waals surface area (Å²) >= 11 is 3.55. The summed E-state index contributed by atoms with van der Waals surface area (Å²) in [7, 11) is 0. The standard InChI is InChI=1S/C12H13BrN2O2/c13-10-7-12(5-6-14-10)8-3-1-2-4-9(8)15-11(16)17-12/h1-4,10,14H,5-7H2,(H,15,16). The molecule has 1 saturated heterocycles. The van der Waals surface area contributed by atoms with E-state index < -0.39 is 5.60 Å². The molecule has 17 heavy (non-hydrogen) atoms. The van der Waals surface area contributed by atoms with Crippen LogP contribution in [0.25, 0.3) is 0 Å². The quantitative estimate of drug-likeness (QED) is 0.571. The Labute approximate surface area is 108 Å². The van der Waals surface area contributed by atoms with Crippen molar-refractivity contribution in [1.29, 1.82) is 0 Å². The van der Waals surface area contributed by atoms with Gasteiger partial charge in [0.25, 0.3) is 0 Å². The first-order chi connectivity index (χ1) is 8.20. The first-order valence-electron chi connectivity index (χ1n) is 5.67. The number of benzene rings is 1. The normalized spacial score (nSPS) is 31.6. The van der Waals surface area contributed by atoms with Crippen LogP contribution in [0.1, 0.15) is 18.4 Å². The Kier molecular flexibility index (Phi) is 2.60. The van der Waals surface area contributed by atoms with Crippen LogP contribution in [-0.4, -0.2) is 17.6 Å². The lowest BCUT2D eigenvalue weighted by Gasteiger charge is -2.42. The van der Waals surface area contributed by atoms with Gasteiger partial charge < -0.3 is 10.1 Å². The fourth-order valence-corrected chi connectivity index (χ4v) is 3.34. The van der Waals surface area contributed by atoms with E-state index in [1.54, 1.807) is 0 Å². The Balaban J connectivity index is 2.07. The van der Waals surface area contributed by atoms with Crippen LogP contribution in [0, 0.1) is 0 Å². The summed E-state index contributed by atoms with van der Waals surface area (Å²) in [4.78, 5) is 11.8. The summed E-state index contributed by atoms with van der Waals surface area (Å²) in [6.45, 7) is 0.831. The molecule has 1 spiro atoms. The van der Waals surface area contributed by atoms with Crippen LogP contribution in [0.2, 0.25) is 0 Å². The van der Waals surface area contributed by atoms with Crippen LogP contribution in [-0.2, 0) is 10.3 Å². The number of hydrogen-bond donors (Lipinski definition) is 2. The van der Waals surface area contributed by atoms with E-state index in [0.717, 1.165) is 30.6 Å². The average Bonchev–Trinajstić information content (AvgIpc) is 2.28. The van der Waals surface area contributed by atoms with E-state index in [1.807, 2.05) is 24.3 Å². The summed E-state index contributed by atoms with van der Waals surface area (Å²) in [6.07, 6.45) is 1.20. The second kappa shape index (κ2) is 3.99. The molecule has 0 radical (unpaired) electrons. The number of fused-ring (bicyclic) bond motifs is 2. The minimum Gasteiger partial charge on any atom is -0.438 e. The first kappa shape index (κ1) is 11.0. The molecule has 3 rings (SSSR count). The molecule has 0 saturated carbocycles. The minimum absolute atomic E-state index is 0.176. The van der Waals surface area contributed by atoms with E-state index >= 15 is 0 Å². The number of amides is 1. The molecule has 1 fully saturated rings. The van der Waals surface area contributed by atoms with Crippen LogP contribution < -0.4 is 10.6 Å². The van der Waals surface area contributed by atoms with Crippen LogP contribution in [0.4, 0.5) is 10.5 Å². The summed E-state index contributed by atoms with van der Waals surface area (Å²) in [5.41, 5.74) is 1.45. The Morgan fingerprint density at radius 1 is 1.41 bits per heavy atom. The van der Waals surface area contributed by atoms with Gasteiger partial charge in [-0.2, -0.15) is 0 Å². The van der Waals surface area contributed by atoms with E-state index in [1.165, 1.54) is 0 Å². The number of piperidine rings is 1. The molecule has 2 heterocycles. The number of nitrogens with one attached hydrogen (secondary N) is 2. The maximum atomic E-state index is 11.6. The van der Waals surface area contributed by atoms with E-state index in [0.29, 0.717) is 0 Å². The summed E-state index contributed by atoms with van der Waals surface area (Å²) < 4.78 is 5.59. The molecule has 5 heteroatoms. The molecule has 90 valence electrons. The molecule has 2 aliphatic heterocycles. The van der Waals surface area contributed by atoms with Gasteiger partial charge in [-0.25, -0.2) is 4.79 Å². The zero-order valence-corrected chi connectivity index (χ0v) is 10.8. The molecule has 2 unspecified atom stereocenters. The maximum absolute atomic E-state index is 11.6. The molecule has 1 amide bonds. The van der Waals surface area contributed by atoms with Crippen molar-refractivity contribution in [3.63, 3.8) is 0 Å². The van der Waals surface area contributed by atoms with Gasteiger partial charge in [-0.3, -0.25) is 5.32 Å². The number of para-hydroxylation sites is 1. The highest BCUT2D eigenvalue weighted by Gasteiger charge is 2.44. The number of rotatable bonds is 0. The lowest BCUT2D eigenvalue weighted by molar-refractivity contribution is -0.0152. The van der Waals surface area contributed by atoms with Gasteiger partial charge in [0.15, 0.2) is 0 Å². The second-order valence-corrected chi connectivity index (χ2v) is 5.54. The number of ether oxygens (including phenoxy) is 1. The molecule has 2 atom stereocenters. The topological polar surface area (TPSA) is 50.4 Å². The summed E-state index contributed by atoms with van der Waals surface area (Å²) in [6, 6.07) is 7.85. The van der Waals surface area contributed by atoms with Crippen molar-refractivity contribution in [2.45, 2.75) is 23.4 Å². The molecule has 4 nitrogen and oxygen atoms in total. The first-order valence-corrected chi connectivity index (χ1v) is 6.58. The number of halogens is 1. The third kappa shape index (κ3) is 1.83. The van der Waals surface area contributed by atoms with Crippen LogP contribution in [0.5, 0.6) is 0 Å². The number of carbonyl (C=O) groups excluding carboxylic acids is 1. The van der Waals surface area contributed by atoms with E-state index in [2.05, 4.69) is 26.6 Å². The molecule has 1 aromatic carbocycles. The van der Waals surface area contributed by atoms with Crippen molar-refractivity contribution in [2.75, 3.05) is 11.9 Å². The second-order valence-electron chi connectivity index (χ2n) is 4.43. The molecule has 0 bridgehead atoms. The number of hydrogen-bond acceptors (Lipinski definition) is 3. The third-order valence-corrected chi connectivity index (χ3v) is 3.99. The Hall–Kier alpha value is -1.07. The van der Waals surface area contributed by atoms with Crippen LogP contribution in [0.15, 0.2) is 24.3 Å². The Morgan fingerprint density at radius 3 is 3.06 bits per heavy atom. The third-order valence-electron chi connectivity index (χ3n) is 3.35. The SMILES string of the molecule is O=C1Nc2ccccc2C2(CCNC(Br)C2)O1. The van der Waals surface area contributed by atoms with E-state index in [-0.39, 0.29) is 11.0 Å².